The van der Waals surface area contributed by atoms with E-state index in [1.165, 1.54) is 0 Å². The molecule has 0 spiro atoms. The lowest BCUT2D eigenvalue weighted by Crippen LogP contribution is -2.34. The summed E-state index contributed by atoms with van der Waals surface area (Å²) in [6.07, 6.45) is 3.60. The highest BCUT2D eigenvalue weighted by Gasteiger charge is 2.36. The molecule has 0 N–H and O–H groups in total. The molecule has 24 heavy (non-hydrogen) atoms. The van der Waals surface area contributed by atoms with Crippen molar-refractivity contribution in [1.29, 1.82) is 0 Å². The van der Waals surface area contributed by atoms with E-state index in [0.29, 0.717) is 4.91 Å². The zero-order valence-corrected chi connectivity index (χ0v) is 14.1. The molecule has 0 aliphatic carbocycles. The molecule has 2 amide bonds. The first-order valence-electron chi connectivity index (χ1n) is 7.46. The maximum atomic E-state index is 12.4. The first kappa shape index (κ1) is 16.3. The third kappa shape index (κ3) is 2.94. The molecule has 2 heterocycles. The number of aromatic nitrogens is 1. The van der Waals surface area contributed by atoms with E-state index in [-0.39, 0.29) is 13.2 Å². The first-order valence-corrected chi connectivity index (χ1v) is 8.28. The van der Waals surface area contributed by atoms with Crippen molar-refractivity contribution in [2.45, 2.75) is 6.92 Å². The number of esters is 1. The lowest BCUT2D eigenvalue weighted by Gasteiger charge is -2.10. The van der Waals surface area contributed by atoms with Gasteiger partial charge in [-0.2, -0.15) is 0 Å². The van der Waals surface area contributed by atoms with Gasteiger partial charge in [-0.25, -0.2) is 0 Å². The second-order valence-electron chi connectivity index (χ2n) is 5.29. The van der Waals surface area contributed by atoms with Crippen LogP contribution in [0.25, 0.3) is 17.0 Å². The van der Waals surface area contributed by atoms with Crippen molar-refractivity contribution in [3.05, 3.63) is 40.9 Å². The summed E-state index contributed by atoms with van der Waals surface area (Å²) >= 11 is 0.836. The van der Waals surface area contributed by atoms with E-state index in [1.54, 1.807) is 13.0 Å². The van der Waals surface area contributed by atoms with Crippen molar-refractivity contribution in [3.8, 4) is 0 Å². The number of benzene rings is 1. The van der Waals surface area contributed by atoms with Gasteiger partial charge in [0.15, 0.2) is 0 Å². The molecule has 0 bridgehead atoms. The monoisotopic (exact) mass is 344 g/mol. The number of nitrogens with zero attached hydrogens (tertiary/aromatic N) is 2. The van der Waals surface area contributed by atoms with Gasteiger partial charge in [0.2, 0.25) is 0 Å². The number of fused-ring (bicyclic) bond motifs is 1. The highest BCUT2D eigenvalue weighted by atomic mass is 32.2. The molecule has 0 unspecified atom stereocenters. The van der Waals surface area contributed by atoms with E-state index in [9.17, 15) is 14.4 Å². The van der Waals surface area contributed by atoms with E-state index < -0.39 is 17.1 Å². The Morgan fingerprint density at radius 2 is 2.04 bits per heavy atom. The summed E-state index contributed by atoms with van der Waals surface area (Å²) < 4.78 is 6.76. The second kappa shape index (κ2) is 6.52. The average molecular weight is 344 g/mol. The van der Waals surface area contributed by atoms with Crippen LogP contribution in [0.5, 0.6) is 0 Å². The molecule has 0 atom stereocenters. The minimum atomic E-state index is -0.591. The number of para-hydroxylation sites is 1. The standard InChI is InChI=1S/C17H16N2O4S/c1-3-23-15(20)10-19-16(21)14(24-17(19)22)8-11-9-18(2)13-7-5-4-6-12(11)13/h4-9H,3,10H2,1-2H3/b14-8+. The Labute approximate surface area is 143 Å². The molecule has 1 saturated heterocycles. The van der Waals surface area contributed by atoms with Gasteiger partial charge in [0, 0.05) is 29.7 Å². The highest BCUT2D eigenvalue weighted by molar-refractivity contribution is 8.18. The highest BCUT2D eigenvalue weighted by Crippen LogP contribution is 2.33. The van der Waals surface area contributed by atoms with Crippen molar-refractivity contribution in [1.82, 2.24) is 9.47 Å². The number of carbonyl (C=O) groups excluding carboxylic acids is 3. The van der Waals surface area contributed by atoms with Gasteiger partial charge in [0.05, 0.1) is 11.5 Å². The minimum Gasteiger partial charge on any atom is -0.465 e. The molecular weight excluding hydrogens is 328 g/mol. The number of rotatable bonds is 4. The first-order chi connectivity index (χ1) is 11.5. The fraction of sp³-hybridized carbons (Fsp3) is 0.235. The summed E-state index contributed by atoms with van der Waals surface area (Å²) in [7, 11) is 1.92. The van der Waals surface area contributed by atoms with Crippen molar-refractivity contribution in [3.63, 3.8) is 0 Å². The van der Waals surface area contributed by atoms with Crippen LogP contribution in [0.15, 0.2) is 35.4 Å². The van der Waals surface area contributed by atoms with Crippen LogP contribution in [0.1, 0.15) is 12.5 Å². The summed E-state index contributed by atoms with van der Waals surface area (Å²) in [6, 6.07) is 7.81. The van der Waals surface area contributed by atoms with Crippen molar-refractivity contribution >= 4 is 45.9 Å². The smallest absolute Gasteiger partial charge is 0.326 e. The number of hydrogen-bond donors (Lipinski definition) is 0. The molecule has 1 aliphatic rings. The Bertz CT molecular complexity index is 869. The van der Waals surface area contributed by atoms with Gasteiger partial charge in [0.25, 0.3) is 11.1 Å². The van der Waals surface area contributed by atoms with Crippen molar-refractivity contribution < 1.29 is 19.1 Å². The number of amides is 2. The molecule has 0 saturated carbocycles. The fourth-order valence-electron chi connectivity index (χ4n) is 2.60. The van der Waals surface area contributed by atoms with Crippen LogP contribution >= 0.6 is 11.8 Å². The SMILES string of the molecule is CCOC(=O)CN1C(=O)S/C(=C/c2cn(C)c3ccccc23)C1=O. The number of ether oxygens (including phenoxy) is 1. The van der Waals surface area contributed by atoms with Gasteiger partial charge in [-0.05, 0) is 30.8 Å². The predicted octanol–water partition coefficient (Wildman–Crippen LogP) is 2.78. The molecule has 1 aliphatic heterocycles. The Morgan fingerprint density at radius 3 is 2.79 bits per heavy atom. The zero-order chi connectivity index (χ0) is 17.3. The van der Waals surface area contributed by atoms with Crippen LogP contribution in [-0.2, 0) is 21.4 Å². The Hall–Kier alpha value is -2.54. The normalized spacial score (nSPS) is 16.4. The van der Waals surface area contributed by atoms with E-state index >= 15 is 0 Å². The minimum absolute atomic E-state index is 0.209. The third-order valence-corrected chi connectivity index (χ3v) is 4.59. The number of carbonyl (C=O) groups is 3. The fourth-order valence-corrected chi connectivity index (χ4v) is 3.43. The third-order valence-electron chi connectivity index (χ3n) is 3.68. The molecule has 1 aromatic carbocycles. The van der Waals surface area contributed by atoms with Gasteiger partial charge in [-0.15, -0.1) is 0 Å². The van der Waals surface area contributed by atoms with Crippen LogP contribution < -0.4 is 0 Å². The predicted molar refractivity (Wildman–Crippen MR) is 92.2 cm³/mol. The maximum Gasteiger partial charge on any atom is 0.326 e. The molecule has 7 heteroatoms. The number of imide groups is 1. The summed E-state index contributed by atoms with van der Waals surface area (Å²) in [4.78, 5) is 37.2. The maximum absolute atomic E-state index is 12.4. The van der Waals surface area contributed by atoms with Gasteiger partial charge < -0.3 is 9.30 Å². The Morgan fingerprint density at radius 1 is 1.29 bits per heavy atom. The molecule has 2 aromatic rings. The largest absolute Gasteiger partial charge is 0.465 e. The molecule has 124 valence electrons. The molecule has 3 rings (SSSR count). The van der Waals surface area contributed by atoms with E-state index in [2.05, 4.69) is 0 Å². The summed E-state index contributed by atoms with van der Waals surface area (Å²) in [5.41, 5.74) is 1.89. The Kier molecular flexibility index (Phi) is 4.44. The van der Waals surface area contributed by atoms with E-state index in [4.69, 9.17) is 4.74 Å². The van der Waals surface area contributed by atoms with Crippen LogP contribution in [0.4, 0.5) is 4.79 Å². The van der Waals surface area contributed by atoms with E-state index in [0.717, 1.165) is 33.1 Å². The Balaban J connectivity index is 1.89. The summed E-state index contributed by atoms with van der Waals surface area (Å²) in [5, 5.41) is 0.539. The lowest BCUT2D eigenvalue weighted by molar-refractivity contribution is -0.145. The van der Waals surface area contributed by atoms with Crippen molar-refractivity contribution in [2.24, 2.45) is 7.05 Å². The molecule has 6 nitrogen and oxygen atoms in total. The average Bonchev–Trinajstić information content (AvgIpc) is 3.00. The summed E-state index contributed by atoms with van der Waals surface area (Å²) in [6.45, 7) is 1.53. The molecule has 1 aromatic heterocycles. The lowest BCUT2D eigenvalue weighted by atomic mass is 10.1. The molecule has 0 radical (unpaired) electrons. The summed E-state index contributed by atoms with van der Waals surface area (Å²) in [5.74, 6) is -1.06. The quantitative estimate of drug-likeness (QED) is 0.630. The van der Waals surface area contributed by atoms with Crippen LogP contribution in [0.2, 0.25) is 0 Å². The second-order valence-corrected chi connectivity index (χ2v) is 6.28. The molecular formula is C17H16N2O4S. The number of aryl methyl sites for hydroxylation is 1. The zero-order valence-electron chi connectivity index (χ0n) is 13.3. The van der Waals surface area contributed by atoms with Gasteiger partial charge >= 0.3 is 5.97 Å². The number of thioether (sulfide) groups is 1. The van der Waals surface area contributed by atoms with Gasteiger partial charge in [0.1, 0.15) is 6.54 Å². The van der Waals surface area contributed by atoms with Gasteiger partial charge in [-0.1, -0.05) is 18.2 Å². The van der Waals surface area contributed by atoms with E-state index in [1.807, 2.05) is 42.1 Å². The number of hydrogen-bond acceptors (Lipinski definition) is 5. The van der Waals surface area contributed by atoms with Crippen LogP contribution in [-0.4, -0.2) is 39.7 Å². The van der Waals surface area contributed by atoms with Crippen LogP contribution in [0.3, 0.4) is 0 Å². The van der Waals surface area contributed by atoms with Gasteiger partial charge in [-0.3, -0.25) is 19.3 Å². The van der Waals surface area contributed by atoms with Crippen molar-refractivity contribution in [2.75, 3.05) is 13.2 Å². The molecule has 1 fully saturated rings. The topological polar surface area (TPSA) is 68.6 Å². The van der Waals surface area contributed by atoms with Crippen LogP contribution in [0, 0.1) is 0 Å².